The van der Waals surface area contributed by atoms with Crippen LogP contribution in [0.5, 0.6) is 0 Å². The van der Waals surface area contributed by atoms with Crippen LogP contribution in [0, 0.1) is 28.1 Å². The molecule has 1 unspecified atom stereocenters. The minimum absolute atomic E-state index is 0. The van der Waals surface area contributed by atoms with Gasteiger partial charge in [0.2, 0.25) is 0 Å². The van der Waals surface area contributed by atoms with Crippen LogP contribution in [-0.4, -0.2) is 0 Å². The molecule has 2 aliphatic rings. The SMILES string of the molecule is C.CC(C)C1(C)CCC2(CC1)CCC(C)(C(C)C)C2. The first-order valence-corrected chi connectivity index (χ1v) is 8.22. The van der Waals surface area contributed by atoms with Gasteiger partial charge in [-0.05, 0) is 73.0 Å². The van der Waals surface area contributed by atoms with E-state index in [4.69, 9.17) is 0 Å². The number of rotatable bonds is 2. The van der Waals surface area contributed by atoms with Gasteiger partial charge in [0.05, 0.1) is 0 Å². The summed E-state index contributed by atoms with van der Waals surface area (Å²) >= 11 is 0. The lowest BCUT2D eigenvalue weighted by Crippen LogP contribution is -2.35. The summed E-state index contributed by atoms with van der Waals surface area (Å²) < 4.78 is 0. The molecule has 1 atom stereocenters. The Bertz CT molecular complexity index is 291. The molecule has 2 rings (SSSR count). The van der Waals surface area contributed by atoms with Gasteiger partial charge in [0, 0.05) is 0 Å². The van der Waals surface area contributed by atoms with Gasteiger partial charge in [-0.15, -0.1) is 0 Å². The predicted octanol–water partition coefficient (Wildman–Crippen LogP) is 6.69. The highest BCUT2D eigenvalue weighted by Gasteiger charge is 2.50. The van der Waals surface area contributed by atoms with Crippen LogP contribution in [0.25, 0.3) is 0 Å². The second kappa shape index (κ2) is 5.41. The second-order valence-corrected chi connectivity index (χ2v) is 8.79. The predicted molar refractivity (Wildman–Crippen MR) is 87.4 cm³/mol. The topological polar surface area (TPSA) is 0 Å². The van der Waals surface area contributed by atoms with E-state index >= 15 is 0 Å². The molecule has 2 saturated carbocycles. The van der Waals surface area contributed by atoms with Crippen molar-refractivity contribution in [3.05, 3.63) is 0 Å². The summed E-state index contributed by atoms with van der Waals surface area (Å²) in [7, 11) is 0. The molecule has 0 aromatic heterocycles. The molecule has 0 aromatic rings. The molecular formula is C19H38. The first kappa shape index (κ1) is 17.1. The average Bonchev–Trinajstić information content (AvgIpc) is 2.63. The maximum absolute atomic E-state index is 2.54. The molecule has 0 heterocycles. The Balaban J connectivity index is 0.00000180. The van der Waals surface area contributed by atoms with Gasteiger partial charge in [0.1, 0.15) is 0 Å². The molecule has 2 aliphatic carbocycles. The van der Waals surface area contributed by atoms with Crippen molar-refractivity contribution < 1.29 is 0 Å². The fourth-order valence-corrected chi connectivity index (χ4v) is 4.43. The summed E-state index contributed by atoms with van der Waals surface area (Å²) in [5.41, 5.74) is 1.99. The van der Waals surface area contributed by atoms with Crippen LogP contribution >= 0.6 is 0 Å². The zero-order valence-electron chi connectivity index (χ0n) is 13.6. The summed E-state index contributed by atoms with van der Waals surface area (Å²) in [5, 5.41) is 0. The van der Waals surface area contributed by atoms with Crippen molar-refractivity contribution in [2.45, 2.75) is 93.9 Å². The van der Waals surface area contributed by atoms with Gasteiger partial charge in [-0.3, -0.25) is 0 Å². The molecule has 0 aliphatic heterocycles. The van der Waals surface area contributed by atoms with Gasteiger partial charge < -0.3 is 0 Å². The van der Waals surface area contributed by atoms with Crippen LogP contribution in [0.2, 0.25) is 0 Å². The minimum atomic E-state index is 0. The van der Waals surface area contributed by atoms with E-state index in [1.807, 2.05) is 0 Å². The Morgan fingerprint density at radius 1 is 0.632 bits per heavy atom. The Hall–Kier alpha value is 0. The van der Waals surface area contributed by atoms with Gasteiger partial charge in [0.15, 0.2) is 0 Å². The molecule has 0 bridgehead atoms. The van der Waals surface area contributed by atoms with E-state index in [9.17, 15) is 0 Å². The molecule has 2 fully saturated rings. The van der Waals surface area contributed by atoms with Crippen LogP contribution in [0.15, 0.2) is 0 Å². The Morgan fingerprint density at radius 3 is 1.32 bits per heavy atom. The van der Waals surface area contributed by atoms with Gasteiger partial charge in [-0.1, -0.05) is 49.0 Å². The van der Waals surface area contributed by atoms with Crippen molar-refractivity contribution in [3.8, 4) is 0 Å². The Labute approximate surface area is 122 Å². The lowest BCUT2D eigenvalue weighted by atomic mass is 9.59. The zero-order valence-corrected chi connectivity index (χ0v) is 13.6. The third-order valence-electron chi connectivity index (χ3n) is 7.25. The van der Waals surface area contributed by atoms with E-state index in [0.717, 1.165) is 17.3 Å². The van der Waals surface area contributed by atoms with Crippen LogP contribution in [0.1, 0.15) is 93.9 Å². The van der Waals surface area contributed by atoms with E-state index < -0.39 is 0 Å². The molecule has 0 heteroatoms. The van der Waals surface area contributed by atoms with Crippen molar-refractivity contribution >= 4 is 0 Å². The summed E-state index contributed by atoms with van der Waals surface area (Å²) in [6.07, 6.45) is 10.4. The highest BCUT2D eigenvalue weighted by molar-refractivity contribution is 5.01. The van der Waals surface area contributed by atoms with Crippen LogP contribution in [-0.2, 0) is 0 Å². The van der Waals surface area contributed by atoms with Crippen LogP contribution in [0.3, 0.4) is 0 Å². The van der Waals surface area contributed by atoms with Crippen molar-refractivity contribution in [1.29, 1.82) is 0 Å². The molecule has 0 radical (unpaired) electrons. The van der Waals surface area contributed by atoms with Gasteiger partial charge >= 0.3 is 0 Å². The largest absolute Gasteiger partial charge is 0.0776 e. The summed E-state index contributed by atoms with van der Waals surface area (Å²) in [4.78, 5) is 0. The monoisotopic (exact) mass is 266 g/mol. The number of hydrogen-bond acceptors (Lipinski definition) is 0. The summed E-state index contributed by atoms with van der Waals surface area (Å²) in [6, 6.07) is 0. The normalized spacial score (nSPS) is 42.9. The Morgan fingerprint density at radius 2 is 1.00 bits per heavy atom. The summed E-state index contributed by atoms with van der Waals surface area (Å²) in [5.74, 6) is 1.71. The van der Waals surface area contributed by atoms with Crippen molar-refractivity contribution in [1.82, 2.24) is 0 Å². The molecular weight excluding hydrogens is 228 g/mol. The van der Waals surface area contributed by atoms with Crippen LogP contribution in [0.4, 0.5) is 0 Å². The minimum Gasteiger partial charge on any atom is -0.0776 e. The molecule has 0 nitrogen and oxygen atoms in total. The first-order chi connectivity index (χ1) is 8.22. The lowest BCUT2D eigenvalue weighted by Gasteiger charge is -2.46. The second-order valence-electron chi connectivity index (χ2n) is 8.79. The average molecular weight is 267 g/mol. The van der Waals surface area contributed by atoms with E-state index in [1.54, 1.807) is 0 Å². The maximum atomic E-state index is 2.54. The van der Waals surface area contributed by atoms with Crippen LogP contribution < -0.4 is 0 Å². The van der Waals surface area contributed by atoms with Gasteiger partial charge in [0.25, 0.3) is 0 Å². The van der Waals surface area contributed by atoms with Gasteiger partial charge in [-0.2, -0.15) is 0 Å². The van der Waals surface area contributed by atoms with E-state index in [2.05, 4.69) is 41.5 Å². The number of hydrogen-bond donors (Lipinski definition) is 0. The molecule has 0 aromatic carbocycles. The summed E-state index contributed by atoms with van der Waals surface area (Å²) in [6.45, 7) is 14.8. The van der Waals surface area contributed by atoms with Crippen molar-refractivity contribution in [3.63, 3.8) is 0 Å². The fourth-order valence-electron chi connectivity index (χ4n) is 4.43. The molecule has 114 valence electrons. The van der Waals surface area contributed by atoms with E-state index in [-0.39, 0.29) is 7.43 Å². The quantitative estimate of drug-likeness (QED) is 0.522. The smallest absolute Gasteiger partial charge is 0.0292 e. The maximum Gasteiger partial charge on any atom is -0.0292 e. The zero-order chi connectivity index (χ0) is 13.6. The van der Waals surface area contributed by atoms with E-state index in [0.29, 0.717) is 10.8 Å². The highest BCUT2D eigenvalue weighted by atomic mass is 14.5. The first-order valence-electron chi connectivity index (χ1n) is 8.22. The molecule has 19 heavy (non-hydrogen) atoms. The lowest BCUT2D eigenvalue weighted by molar-refractivity contribution is 0.0461. The third-order valence-corrected chi connectivity index (χ3v) is 7.25. The highest BCUT2D eigenvalue weighted by Crippen LogP contribution is 2.61. The third kappa shape index (κ3) is 3.03. The van der Waals surface area contributed by atoms with Crippen molar-refractivity contribution in [2.75, 3.05) is 0 Å². The Kier molecular flexibility index (Phi) is 4.86. The molecule has 0 amide bonds. The van der Waals surface area contributed by atoms with E-state index in [1.165, 1.54) is 44.9 Å². The van der Waals surface area contributed by atoms with Crippen molar-refractivity contribution in [2.24, 2.45) is 28.1 Å². The fraction of sp³-hybridized carbons (Fsp3) is 1.00. The molecule has 0 N–H and O–H groups in total. The molecule has 1 spiro atoms. The standard InChI is InChI=1S/C18H34.CH4/c1-14(2)16(5)7-10-18(11-8-16)12-9-17(6,13-18)15(3)4;/h14-15H,7-13H2,1-6H3;1H4. The molecule has 0 saturated heterocycles. The van der Waals surface area contributed by atoms with Gasteiger partial charge in [-0.25, -0.2) is 0 Å².